The zero-order valence-electron chi connectivity index (χ0n) is 12.7. The molecular formula is C17H27FN2. The molecule has 0 spiro atoms. The summed E-state index contributed by atoms with van der Waals surface area (Å²) in [6.45, 7) is 7.72. The van der Waals surface area contributed by atoms with Crippen LogP contribution in [0.4, 0.5) is 4.39 Å². The molecule has 2 rings (SSSR count). The smallest absolute Gasteiger partial charge is 0.127 e. The zero-order chi connectivity index (χ0) is 14.4. The van der Waals surface area contributed by atoms with E-state index in [1.54, 1.807) is 12.1 Å². The fourth-order valence-corrected chi connectivity index (χ4v) is 3.03. The summed E-state index contributed by atoms with van der Waals surface area (Å²) in [6.07, 6.45) is 4.90. The van der Waals surface area contributed by atoms with E-state index >= 15 is 0 Å². The second kappa shape index (κ2) is 7.75. The minimum absolute atomic E-state index is 0.0996. The van der Waals surface area contributed by atoms with Crippen molar-refractivity contribution in [1.82, 2.24) is 10.2 Å². The number of piperidine rings is 1. The monoisotopic (exact) mass is 278 g/mol. The Hall–Kier alpha value is -0.930. The van der Waals surface area contributed by atoms with Crippen molar-refractivity contribution in [2.75, 3.05) is 19.6 Å². The highest BCUT2D eigenvalue weighted by atomic mass is 19.1. The van der Waals surface area contributed by atoms with Crippen LogP contribution in [0, 0.1) is 5.82 Å². The van der Waals surface area contributed by atoms with Gasteiger partial charge in [-0.05, 0) is 45.3 Å². The molecular weight excluding hydrogens is 251 g/mol. The number of benzene rings is 1. The van der Waals surface area contributed by atoms with Gasteiger partial charge in [-0.3, -0.25) is 4.90 Å². The lowest BCUT2D eigenvalue weighted by Gasteiger charge is -2.33. The summed E-state index contributed by atoms with van der Waals surface area (Å²) >= 11 is 0. The molecule has 0 bridgehead atoms. The van der Waals surface area contributed by atoms with Crippen molar-refractivity contribution < 1.29 is 4.39 Å². The molecule has 1 N–H and O–H groups in total. The molecule has 2 nitrogen and oxygen atoms in total. The van der Waals surface area contributed by atoms with Crippen molar-refractivity contribution in [3.63, 3.8) is 0 Å². The maximum absolute atomic E-state index is 13.9. The van der Waals surface area contributed by atoms with E-state index in [1.165, 1.54) is 32.4 Å². The SMILES string of the molecule is CCC(NCC(C)N1CCCCC1)c1ccccc1F. The Morgan fingerprint density at radius 3 is 2.55 bits per heavy atom. The number of hydrogen-bond donors (Lipinski definition) is 1. The molecule has 0 saturated carbocycles. The third-order valence-corrected chi connectivity index (χ3v) is 4.36. The lowest BCUT2D eigenvalue weighted by Crippen LogP contribution is -2.43. The first-order chi connectivity index (χ1) is 9.72. The Morgan fingerprint density at radius 2 is 1.90 bits per heavy atom. The molecule has 112 valence electrons. The van der Waals surface area contributed by atoms with Crippen LogP contribution in [0.3, 0.4) is 0 Å². The van der Waals surface area contributed by atoms with Crippen molar-refractivity contribution in [3.8, 4) is 0 Å². The van der Waals surface area contributed by atoms with Crippen molar-refractivity contribution in [3.05, 3.63) is 35.6 Å². The Labute approximate surface area is 122 Å². The second-order valence-electron chi connectivity index (χ2n) is 5.84. The number of hydrogen-bond acceptors (Lipinski definition) is 2. The van der Waals surface area contributed by atoms with Crippen LogP contribution in [0.5, 0.6) is 0 Å². The van der Waals surface area contributed by atoms with Crippen molar-refractivity contribution in [2.45, 2.75) is 51.6 Å². The van der Waals surface area contributed by atoms with Gasteiger partial charge in [-0.2, -0.15) is 0 Å². The van der Waals surface area contributed by atoms with Crippen LogP contribution in [-0.2, 0) is 0 Å². The lowest BCUT2D eigenvalue weighted by molar-refractivity contribution is 0.167. The van der Waals surface area contributed by atoms with Crippen molar-refractivity contribution in [1.29, 1.82) is 0 Å². The van der Waals surface area contributed by atoms with Crippen molar-refractivity contribution in [2.24, 2.45) is 0 Å². The van der Waals surface area contributed by atoms with Gasteiger partial charge in [0.2, 0.25) is 0 Å². The predicted octanol–water partition coefficient (Wildman–Crippen LogP) is 3.74. The van der Waals surface area contributed by atoms with E-state index < -0.39 is 0 Å². The van der Waals surface area contributed by atoms with Crippen LogP contribution < -0.4 is 5.32 Å². The van der Waals surface area contributed by atoms with Gasteiger partial charge in [-0.15, -0.1) is 0 Å². The minimum Gasteiger partial charge on any atom is -0.308 e. The topological polar surface area (TPSA) is 15.3 Å². The third kappa shape index (κ3) is 4.03. The Balaban J connectivity index is 1.89. The summed E-state index contributed by atoms with van der Waals surface area (Å²) in [7, 11) is 0. The molecule has 1 heterocycles. The average Bonchev–Trinajstić information content (AvgIpc) is 2.50. The summed E-state index contributed by atoms with van der Waals surface area (Å²) in [4.78, 5) is 2.55. The van der Waals surface area contributed by atoms with Gasteiger partial charge >= 0.3 is 0 Å². The molecule has 3 heteroatoms. The number of nitrogens with one attached hydrogen (secondary N) is 1. The largest absolute Gasteiger partial charge is 0.308 e. The molecule has 1 aromatic rings. The van der Waals surface area contributed by atoms with Crippen molar-refractivity contribution >= 4 is 0 Å². The second-order valence-corrected chi connectivity index (χ2v) is 5.84. The fourth-order valence-electron chi connectivity index (χ4n) is 3.03. The first-order valence-corrected chi connectivity index (χ1v) is 7.94. The molecule has 1 fully saturated rings. The summed E-state index contributed by atoms with van der Waals surface area (Å²) in [5, 5.41) is 3.54. The number of halogens is 1. The third-order valence-electron chi connectivity index (χ3n) is 4.36. The van der Waals surface area contributed by atoms with E-state index in [9.17, 15) is 4.39 Å². The van der Waals surface area contributed by atoms with Crippen LogP contribution in [0.2, 0.25) is 0 Å². The van der Waals surface area contributed by atoms with Gasteiger partial charge in [0.15, 0.2) is 0 Å². The molecule has 20 heavy (non-hydrogen) atoms. The molecule has 1 saturated heterocycles. The van der Waals surface area contributed by atoms with E-state index in [0.29, 0.717) is 6.04 Å². The molecule has 0 radical (unpaired) electrons. The van der Waals surface area contributed by atoms with Gasteiger partial charge in [0.1, 0.15) is 5.82 Å². The first kappa shape index (κ1) is 15.5. The quantitative estimate of drug-likeness (QED) is 0.852. The maximum atomic E-state index is 13.9. The van der Waals surface area contributed by atoms with E-state index in [2.05, 4.69) is 24.1 Å². The summed E-state index contributed by atoms with van der Waals surface area (Å²) in [5.41, 5.74) is 0.792. The molecule has 2 unspecified atom stereocenters. The Morgan fingerprint density at radius 1 is 1.20 bits per heavy atom. The number of likely N-dealkylation sites (tertiary alicyclic amines) is 1. The Bertz CT molecular complexity index is 402. The molecule has 0 aromatic heterocycles. The van der Waals surface area contributed by atoms with E-state index in [-0.39, 0.29) is 11.9 Å². The van der Waals surface area contributed by atoms with Crippen LogP contribution in [0.25, 0.3) is 0 Å². The van der Waals surface area contributed by atoms with Gasteiger partial charge in [0.05, 0.1) is 0 Å². The molecule has 1 aliphatic rings. The van der Waals surface area contributed by atoms with Crippen LogP contribution >= 0.6 is 0 Å². The van der Waals surface area contributed by atoms with Crippen LogP contribution in [-0.4, -0.2) is 30.6 Å². The number of rotatable bonds is 6. The first-order valence-electron chi connectivity index (χ1n) is 7.94. The van der Waals surface area contributed by atoms with Crippen LogP contribution in [0.15, 0.2) is 24.3 Å². The normalized spacial score (nSPS) is 19.8. The number of nitrogens with zero attached hydrogens (tertiary/aromatic N) is 1. The molecule has 1 aromatic carbocycles. The lowest BCUT2D eigenvalue weighted by atomic mass is 10.0. The summed E-state index contributed by atoms with van der Waals surface area (Å²) in [6, 6.07) is 7.74. The average molecular weight is 278 g/mol. The standard InChI is InChI=1S/C17H27FN2/c1-3-17(15-9-5-6-10-16(15)18)19-13-14(2)20-11-7-4-8-12-20/h5-6,9-10,14,17,19H,3-4,7-8,11-13H2,1-2H3. The molecule has 0 amide bonds. The highest BCUT2D eigenvalue weighted by Crippen LogP contribution is 2.20. The highest BCUT2D eigenvalue weighted by Gasteiger charge is 2.19. The molecule has 1 aliphatic heterocycles. The predicted molar refractivity (Wildman–Crippen MR) is 82.3 cm³/mol. The van der Waals surface area contributed by atoms with E-state index in [1.807, 2.05) is 12.1 Å². The maximum Gasteiger partial charge on any atom is 0.127 e. The van der Waals surface area contributed by atoms with E-state index in [0.717, 1.165) is 18.5 Å². The van der Waals surface area contributed by atoms with Gasteiger partial charge in [0, 0.05) is 24.2 Å². The highest BCUT2D eigenvalue weighted by molar-refractivity contribution is 5.21. The van der Waals surface area contributed by atoms with E-state index in [4.69, 9.17) is 0 Å². The summed E-state index contributed by atoms with van der Waals surface area (Å²) in [5.74, 6) is -0.0996. The fraction of sp³-hybridized carbons (Fsp3) is 0.647. The summed E-state index contributed by atoms with van der Waals surface area (Å²) < 4.78 is 13.9. The van der Waals surface area contributed by atoms with Gasteiger partial charge in [0.25, 0.3) is 0 Å². The molecule has 0 aliphatic carbocycles. The molecule has 2 atom stereocenters. The van der Waals surface area contributed by atoms with Crippen LogP contribution in [0.1, 0.15) is 51.1 Å². The van der Waals surface area contributed by atoms with Gasteiger partial charge in [-0.25, -0.2) is 4.39 Å². The Kier molecular flexibility index (Phi) is 5.99. The zero-order valence-corrected chi connectivity index (χ0v) is 12.7. The van der Waals surface area contributed by atoms with Gasteiger partial charge in [-0.1, -0.05) is 31.5 Å². The minimum atomic E-state index is -0.0996. The van der Waals surface area contributed by atoms with Gasteiger partial charge < -0.3 is 5.32 Å².